The van der Waals surface area contributed by atoms with Crippen molar-refractivity contribution < 1.29 is 4.79 Å². The molecule has 4 aromatic rings. The molecule has 0 bridgehead atoms. The van der Waals surface area contributed by atoms with Crippen molar-refractivity contribution in [2.75, 3.05) is 5.32 Å². The van der Waals surface area contributed by atoms with Crippen LogP contribution in [0.1, 0.15) is 9.67 Å². The topological polar surface area (TPSA) is 29.1 Å². The van der Waals surface area contributed by atoms with Crippen molar-refractivity contribution in [2.45, 2.75) is 0 Å². The van der Waals surface area contributed by atoms with Gasteiger partial charge in [-0.2, -0.15) is 0 Å². The lowest BCUT2D eigenvalue weighted by atomic mass is 10.1. The molecule has 2 aromatic heterocycles. The highest BCUT2D eigenvalue weighted by atomic mass is 32.1. The van der Waals surface area contributed by atoms with E-state index in [9.17, 15) is 4.79 Å². The van der Waals surface area contributed by atoms with Gasteiger partial charge >= 0.3 is 0 Å². The normalized spacial score (nSPS) is 10.6. The molecule has 0 aliphatic heterocycles. The van der Waals surface area contributed by atoms with Crippen LogP contribution in [0.4, 0.5) is 11.4 Å². The zero-order chi connectivity index (χ0) is 17.1. The fraction of sp³-hybridized carbons (Fsp3) is 0. The van der Waals surface area contributed by atoms with Gasteiger partial charge in [0.05, 0.1) is 4.88 Å². The van der Waals surface area contributed by atoms with Gasteiger partial charge in [0.15, 0.2) is 6.29 Å². The minimum absolute atomic E-state index is 0.765. The SMILES string of the molecule is O=Cc1ccc(-c2ccc(-c3ccc(Nc4ccccc4)cc3)s2)s1. The summed E-state index contributed by atoms with van der Waals surface area (Å²) in [7, 11) is 0. The summed E-state index contributed by atoms with van der Waals surface area (Å²) in [5, 5.41) is 3.39. The predicted octanol–water partition coefficient (Wildman–Crippen LogP) is 6.70. The smallest absolute Gasteiger partial charge is 0.160 e. The number of anilines is 2. The van der Waals surface area contributed by atoms with Crippen molar-refractivity contribution in [3.63, 3.8) is 0 Å². The van der Waals surface area contributed by atoms with E-state index in [1.807, 2.05) is 42.5 Å². The number of carbonyl (C=O) groups is 1. The van der Waals surface area contributed by atoms with Crippen molar-refractivity contribution in [3.05, 3.63) is 83.7 Å². The van der Waals surface area contributed by atoms with Gasteiger partial charge in [0.1, 0.15) is 0 Å². The summed E-state index contributed by atoms with van der Waals surface area (Å²) in [5.74, 6) is 0. The van der Waals surface area contributed by atoms with Crippen molar-refractivity contribution >= 4 is 40.3 Å². The van der Waals surface area contributed by atoms with E-state index in [1.165, 1.54) is 26.7 Å². The Hall–Kier alpha value is -2.69. The van der Waals surface area contributed by atoms with Crippen LogP contribution >= 0.6 is 22.7 Å². The quantitative estimate of drug-likeness (QED) is 0.401. The van der Waals surface area contributed by atoms with Crippen molar-refractivity contribution in [1.82, 2.24) is 0 Å². The molecule has 0 aliphatic rings. The van der Waals surface area contributed by atoms with E-state index < -0.39 is 0 Å². The average Bonchev–Trinajstić information content (AvgIpc) is 3.32. The lowest BCUT2D eigenvalue weighted by molar-refractivity contribution is 0.112. The van der Waals surface area contributed by atoms with Crippen LogP contribution in [0.25, 0.3) is 20.2 Å². The maximum Gasteiger partial charge on any atom is 0.160 e. The van der Waals surface area contributed by atoms with Gasteiger partial charge in [0.25, 0.3) is 0 Å². The minimum Gasteiger partial charge on any atom is -0.356 e. The van der Waals surface area contributed by atoms with E-state index in [0.29, 0.717) is 0 Å². The molecule has 2 heterocycles. The molecule has 4 rings (SSSR count). The number of rotatable bonds is 5. The highest BCUT2D eigenvalue weighted by molar-refractivity contribution is 7.24. The second-order valence-corrected chi connectivity index (χ2v) is 7.75. The predicted molar refractivity (Wildman–Crippen MR) is 108 cm³/mol. The number of thiophene rings is 2. The third kappa shape index (κ3) is 3.55. The monoisotopic (exact) mass is 361 g/mol. The summed E-state index contributed by atoms with van der Waals surface area (Å²) >= 11 is 3.28. The van der Waals surface area contributed by atoms with Crippen LogP contribution < -0.4 is 5.32 Å². The first-order chi connectivity index (χ1) is 12.3. The lowest BCUT2D eigenvalue weighted by Crippen LogP contribution is -1.88. The average molecular weight is 361 g/mol. The third-order valence-corrected chi connectivity index (χ3v) is 6.16. The first kappa shape index (κ1) is 15.8. The summed E-state index contributed by atoms with van der Waals surface area (Å²) < 4.78 is 0. The van der Waals surface area contributed by atoms with E-state index in [2.05, 4.69) is 41.7 Å². The van der Waals surface area contributed by atoms with Gasteiger partial charge in [-0.05, 0) is 54.1 Å². The zero-order valence-electron chi connectivity index (χ0n) is 13.3. The van der Waals surface area contributed by atoms with E-state index >= 15 is 0 Å². The number of benzene rings is 2. The molecule has 0 spiro atoms. The van der Waals surface area contributed by atoms with Crippen LogP contribution in [0.2, 0.25) is 0 Å². The van der Waals surface area contributed by atoms with Crippen LogP contribution in [-0.2, 0) is 0 Å². The Kier molecular flexibility index (Phi) is 4.46. The minimum atomic E-state index is 0.765. The second-order valence-electron chi connectivity index (χ2n) is 5.55. The maximum atomic E-state index is 10.8. The summed E-state index contributed by atoms with van der Waals surface area (Å²) in [5.41, 5.74) is 3.35. The standard InChI is InChI=1S/C21H15NOS2/c23-14-18-10-11-20(24-18)21-13-12-19(25-21)15-6-8-17(9-7-15)22-16-4-2-1-3-5-16/h1-14,22H. The number of hydrogen-bond donors (Lipinski definition) is 1. The van der Waals surface area contributed by atoms with Gasteiger partial charge < -0.3 is 5.32 Å². The Morgan fingerprint density at radius 1 is 0.640 bits per heavy atom. The number of para-hydroxylation sites is 1. The molecule has 2 aromatic carbocycles. The van der Waals surface area contributed by atoms with E-state index in [1.54, 1.807) is 11.3 Å². The first-order valence-electron chi connectivity index (χ1n) is 7.89. The van der Waals surface area contributed by atoms with E-state index in [4.69, 9.17) is 0 Å². The zero-order valence-corrected chi connectivity index (χ0v) is 14.9. The molecule has 25 heavy (non-hydrogen) atoms. The Bertz CT molecular complexity index is 984. The number of nitrogens with one attached hydrogen (secondary N) is 1. The van der Waals surface area contributed by atoms with Gasteiger partial charge in [-0.3, -0.25) is 4.79 Å². The Morgan fingerprint density at radius 2 is 1.28 bits per heavy atom. The van der Waals surface area contributed by atoms with Gasteiger partial charge in [0, 0.05) is 26.0 Å². The van der Waals surface area contributed by atoms with Crippen LogP contribution in [0.15, 0.2) is 78.9 Å². The molecule has 0 saturated heterocycles. The summed E-state index contributed by atoms with van der Waals surface area (Å²) in [4.78, 5) is 15.2. The number of carbonyl (C=O) groups excluding carboxylic acids is 1. The Balaban J connectivity index is 1.53. The Morgan fingerprint density at radius 3 is 2.00 bits per heavy atom. The summed E-state index contributed by atoms with van der Waals surface area (Å²) in [6.45, 7) is 0. The maximum absolute atomic E-state index is 10.8. The van der Waals surface area contributed by atoms with Crippen molar-refractivity contribution in [2.24, 2.45) is 0 Å². The van der Waals surface area contributed by atoms with Gasteiger partial charge in [0.2, 0.25) is 0 Å². The molecule has 0 fully saturated rings. The molecular formula is C21H15NOS2. The molecule has 4 heteroatoms. The lowest BCUT2D eigenvalue weighted by Gasteiger charge is -2.06. The molecule has 2 nitrogen and oxygen atoms in total. The molecule has 0 saturated carbocycles. The molecule has 0 unspecified atom stereocenters. The highest BCUT2D eigenvalue weighted by Gasteiger charge is 2.07. The summed E-state index contributed by atoms with van der Waals surface area (Å²) in [6, 6.07) is 26.7. The molecule has 1 N–H and O–H groups in total. The highest BCUT2D eigenvalue weighted by Crippen LogP contribution is 2.37. The van der Waals surface area contributed by atoms with Crippen LogP contribution in [0.5, 0.6) is 0 Å². The molecule has 0 amide bonds. The van der Waals surface area contributed by atoms with Crippen molar-refractivity contribution in [1.29, 1.82) is 0 Å². The van der Waals surface area contributed by atoms with Gasteiger partial charge in [-0.25, -0.2) is 0 Å². The third-order valence-electron chi connectivity index (χ3n) is 3.82. The molecule has 0 aliphatic carbocycles. The van der Waals surface area contributed by atoms with Crippen molar-refractivity contribution in [3.8, 4) is 20.2 Å². The molecule has 0 atom stereocenters. The van der Waals surface area contributed by atoms with Crippen LogP contribution in [0, 0.1) is 0 Å². The molecular weight excluding hydrogens is 346 g/mol. The number of aldehydes is 1. The summed E-state index contributed by atoms with van der Waals surface area (Å²) in [6.07, 6.45) is 0.904. The number of hydrogen-bond acceptors (Lipinski definition) is 4. The molecule has 122 valence electrons. The fourth-order valence-electron chi connectivity index (χ4n) is 2.58. The van der Waals surface area contributed by atoms with E-state index in [-0.39, 0.29) is 0 Å². The fourth-order valence-corrected chi connectivity index (χ4v) is 4.50. The first-order valence-corrected chi connectivity index (χ1v) is 9.53. The van der Waals surface area contributed by atoms with Gasteiger partial charge in [-0.15, -0.1) is 22.7 Å². The van der Waals surface area contributed by atoms with Gasteiger partial charge in [-0.1, -0.05) is 30.3 Å². The van der Waals surface area contributed by atoms with Crippen LogP contribution in [-0.4, -0.2) is 6.29 Å². The van der Waals surface area contributed by atoms with Crippen LogP contribution in [0.3, 0.4) is 0 Å². The Labute approximate surface area is 154 Å². The second kappa shape index (κ2) is 7.05. The van der Waals surface area contributed by atoms with E-state index in [0.717, 1.165) is 27.4 Å². The molecule has 0 radical (unpaired) electrons. The largest absolute Gasteiger partial charge is 0.356 e.